The maximum Gasteiger partial charge on any atom is 0.303 e. The van der Waals surface area contributed by atoms with Crippen LogP contribution in [0.4, 0.5) is 0 Å². The predicted molar refractivity (Wildman–Crippen MR) is 78.1 cm³/mol. The zero-order valence-corrected chi connectivity index (χ0v) is 12.2. The standard InChI is InChI=1S/C16H23NO3/c1-12(17-10-14(11-17)9-16(18)19)3-4-13-5-7-15(20-2)8-6-13/h5-8,12,14H,3-4,9-11H2,1-2H3,(H,18,19). The van der Waals surface area contributed by atoms with Crippen molar-refractivity contribution in [2.24, 2.45) is 5.92 Å². The molecular weight excluding hydrogens is 254 g/mol. The van der Waals surface area contributed by atoms with E-state index in [-0.39, 0.29) is 0 Å². The topological polar surface area (TPSA) is 49.8 Å². The van der Waals surface area contributed by atoms with Gasteiger partial charge in [0.05, 0.1) is 13.5 Å². The Balaban J connectivity index is 1.70. The van der Waals surface area contributed by atoms with Crippen LogP contribution in [0.1, 0.15) is 25.3 Å². The molecule has 1 unspecified atom stereocenters. The summed E-state index contributed by atoms with van der Waals surface area (Å²) in [6.07, 6.45) is 2.46. The van der Waals surface area contributed by atoms with Gasteiger partial charge in [0.15, 0.2) is 0 Å². The molecule has 0 amide bonds. The number of carboxylic acids is 1. The van der Waals surface area contributed by atoms with Crippen molar-refractivity contribution in [3.05, 3.63) is 29.8 Å². The fourth-order valence-corrected chi connectivity index (χ4v) is 2.70. The lowest BCUT2D eigenvalue weighted by molar-refractivity contribution is -0.139. The third-order valence-corrected chi connectivity index (χ3v) is 4.08. The molecule has 1 aromatic carbocycles. The van der Waals surface area contributed by atoms with Crippen molar-refractivity contribution in [3.8, 4) is 5.75 Å². The third-order valence-electron chi connectivity index (χ3n) is 4.08. The number of likely N-dealkylation sites (tertiary alicyclic amines) is 1. The Morgan fingerprint density at radius 2 is 2.05 bits per heavy atom. The average Bonchev–Trinajstić information content (AvgIpc) is 2.40. The molecule has 1 fully saturated rings. The molecule has 20 heavy (non-hydrogen) atoms. The van der Waals surface area contributed by atoms with Crippen LogP contribution >= 0.6 is 0 Å². The first-order valence-electron chi connectivity index (χ1n) is 7.17. The number of methoxy groups -OCH3 is 1. The Bertz CT molecular complexity index is 438. The van der Waals surface area contributed by atoms with Gasteiger partial charge < -0.3 is 9.84 Å². The van der Waals surface area contributed by atoms with E-state index >= 15 is 0 Å². The van der Waals surface area contributed by atoms with Crippen LogP contribution < -0.4 is 4.74 Å². The normalized spacial score (nSPS) is 17.5. The summed E-state index contributed by atoms with van der Waals surface area (Å²) in [4.78, 5) is 13.0. The average molecular weight is 277 g/mol. The van der Waals surface area contributed by atoms with Crippen LogP contribution in [0.2, 0.25) is 0 Å². The lowest BCUT2D eigenvalue weighted by Crippen LogP contribution is -2.51. The van der Waals surface area contributed by atoms with Crippen molar-refractivity contribution < 1.29 is 14.6 Å². The summed E-state index contributed by atoms with van der Waals surface area (Å²) in [5.74, 6) is 0.553. The van der Waals surface area contributed by atoms with Crippen LogP contribution in [0.5, 0.6) is 5.75 Å². The summed E-state index contributed by atoms with van der Waals surface area (Å²) in [5.41, 5.74) is 1.32. The Labute approximate surface area is 120 Å². The van der Waals surface area contributed by atoms with Crippen LogP contribution in [0.25, 0.3) is 0 Å². The molecule has 0 aromatic heterocycles. The van der Waals surface area contributed by atoms with Gasteiger partial charge in [-0.2, -0.15) is 0 Å². The van der Waals surface area contributed by atoms with E-state index in [9.17, 15) is 4.79 Å². The van der Waals surface area contributed by atoms with E-state index in [4.69, 9.17) is 9.84 Å². The van der Waals surface area contributed by atoms with E-state index in [2.05, 4.69) is 24.0 Å². The van der Waals surface area contributed by atoms with E-state index in [1.54, 1.807) is 7.11 Å². The summed E-state index contributed by atoms with van der Waals surface area (Å²) in [7, 11) is 1.68. The maximum absolute atomic E-state index is 10.6. The number of ether oxygens (including phenoxy) is 1. The van der Waals surface area contributed by atoms with E-state index < -0.39 is 5.97 Å². The van der Waals surface area contributed by atoms with Crippen LogP contribution in [-0.2, 0) is 11.2 Å². The van der Waals surface area contributed by atoms with Crippen molar-refractivity contribution >= 4 is 5.97 Å². The highest BCUT2D eigenvalue weighted by Gasteiger charge is 2.31. The molecule has 0 radical (unpaired) electrons. The molecule has 0 saturated carbocycles. The molecule has 0 spiro atoms. The fourth-order valence-electron chi connectivity index (χ4n) is 2.70. The van der Waals surface area contributed by atoms with Gasteiger partial charge in [-0.1, -0.05) is 12.1 Å². The molecule has 1 aromatic rings. The van der Waals surface area contributed by atoms with Crippen molar-refractivity contribution in [1.29, 1.82) is 0 Å². The van der Waals surface area contributed by atoms with Crippen LogP contribution in [0.3, 0.4) is 0 Å². The Kier molecular flexibility index (Phi) is 5.01. The predicted octanol–water partition coefficient (Wildman–Crippen LogP) is 2.42. The number of nitrogens with zero attached hydrogens (tertiary/aromatic N) is 1. The van der Waals surface area contributed by atoms with Gasteiger partial charge in [0.2, 0.25) is 0 Å². The fraction of sp³-hybridized carbons (Fsp3) is 0.562. The number of carboxylic acid groups (broad SMARTS) is 1. The van der Waals surface area contributed by atoms with Crippen molar-refractivity contribution in [1.82, 2.24) is 4.90 Å². The minimum absolute atomic E-state index is 0.307. The zero-order chi connectivity index (χ0) is 14.5. The molecule has 1 heterocycles. The second-order valence-corrected chi connectivity index (χ2v) is 5.65. The highest BCUT2D eigenvalue weighted by molar-refractivity contribution is 5.67. The number of carbonyl (C=O) groups is 1. The maximum atomic E-state index is 10.6. The number of aryl methyl sites for hydroxylation is 1. The SMILES string of the molecule is COc1ccc(CCC(C)N2CC(CC(=O)O)C2)cc1. The lowest BCUT2D eigenvalue weighted by Gasteiger charge is -2.42. The number of aliphatic carboxylic acids is 1. The molecule has 110 valence electrons. The van der Waals surface area contributed by atoms with Gasteiger partial charge in [0.1, 0.15) is 5.75 Å². The lowest BCUT2D eigenvalue weighted by atomic mass is 9.93. The third kappa shape index (κ3) is 3.97. The van der Waals surface area contributed by atoms with E-state index in [1.165, 1.54) is 5.56 Å². The van der Waals surface area contributed by atoms with Crippen molar-refractivity contribution in [3.63, 3.8) is 0 Å². The number of hydrogen-bond acceptors (Lipinski definition) is 3. The number of benzene rings is 1. The molecule has 0 bridgehead atoms. The Morgan fingerprint density at radius 3 is 2.60 bits per heavy atom. The van der Waals surface area contributed by atoms with Crippen LogP contribution in [0.15, 0.2) is 24.3 Å². The molecule has 0 aliphatic carbocycles. The van der Waals surface area contributed by atoms with Gasteiger partial charge in [0, 0.05) is 19.1 Å². The molecule has 1 atom stereocenters. The van der Waals surface area contributed by atoms with Gasteiger partial charge in [0.25, 0.3) is 0 Å². The number of hydrogen-bond donors (Lipinski definition) is 1. The van der Waals surface area contributed by atoms with Crippen molar-refractivity contribution in [2.75, 3.05) is 20.2 Å². The molecule has 4 nitrogen and oxygen atoms in total. The van der Waals surface area contributed by atoms with Crippen LogP contribution in [0, 0.1) is 5.92 Å². The molecular formula is C16H23NO3. The smallest absolute Gasteiger partial charge is 0.303 e. The van der Waals surface area contributed by atoms with Gasteiger partial charge in [-0.15, -0.1) is 0 Å². The first-order valence-corrected chi connectivity index (χ1v) is 7.17. The van der Waals surface area contributed by atoms with E-state index in [0.29, 0.717) is 18.4 Å². The van der Waals surface area contributed by atoms with Gasteiger partial charge in [-0.05, 0) is 43.4 Å². The Morgan fingerprint density at radius 1 is 1.40 bits per heavy atom. The quantitative estimate of drug-likeness (QED) is 0.831. The Hall–Kier alpha value is -1.55. The first kappa shape index (κ1) is 14.9. The number of rotatable bonds is 7. The molecule has 1 aliphatic rings. The van der Waals surface area contributed by atoms with E-state index in [0.717, 1.165) is 31.7 Å². The second kappa shape index (κ2) is 6.75. The first-order chi connectivity index (χ1) is 9.58. The van der Waals surface area contributed by atoms with Gasteiger partial charge in [-0.3, -0.25) is 9.69 Å². The van der Waals surface area contributed by atoms with Crippen molar-refractivity contribution in [2.45, 2.75) is 32.2 Å². The second-order valence-electron chi connectivity index (χ2n) is 5.65. The summed E-state index contributed by atoms with van der Waals surface area (Å²) in [6, 6.07) is 8.71. The minimum Gasteiger partial charge on any atom is -0.497 e. The molecule has 1 aliphatic heterocycles. The van der Waals surface area contributed by atoms with Crippen LogP contribution in [-0.4, -0.2) is 42.2 Å². The summed E-state index contributed by atoms with van der Waals surface area (Å²) in [6.45, 7) is 4.08. The minimum atomic E-state index is -0.680. The van der Waals surface area contributed by atoms with E-state index in [1.807, 2.05) is 12.1 Å². The highest BCUT2D eigenvalue weighted by Crippen LogP contribution is 2.23. The largest absolute Gasteiger partial charge is 0.497 e. The summed E-state index contributed by atoms with van der Waals surface area (Å²) < 4.78 is 5.15. The molecule has 1 saturated heterocycles. The zero-order valence-electron chi connectivity index (χ0n) is 12.2. The molecule has 4 heteroatoms. The van der Waals surface area contributed by atoms with Gasteiger partial charge >= 0.3 is 5.97 Å². The summed E-state index contributed by atoms with van der Waals surface area (Å²) in [5, 5.41) is 8.74. The highest BCUT2D eigenvalue weighted by atomic mass is 16.5. The van der Waals surface area contributed by atoms with Gasteiger partial charge in [-0.25, -0.2) is 0 Å². The molecule has 1 N–H and O–H groups in total. The molecule has 2 rings (SSSR count). The summed E-state index contributed by atoms with van der Waals surface area (Å²) >= 11 is 0. The monoisotopic (exact) mass is 277 g/mol.